The zero-order valence-corrected chi connectivity index (χ0v) is 8.51. The van der Waals surface area contributed by atoms with Crippen LogP contribution in [0.5, 0.6) is 0 Å². The number of hydrogen-bond donors (Lipinski definition) is 3. The molecule has 0 aliphatic carbocycles. The molecule has 0 saturated heterocycles. The quantitative estimate of drug-likeness (QED) is 0.635. The van der Waals surface area contributed by atoms with Gasteiger partial charge in [-0.1, -0.05) is 6.07 Å². The molecule has 78 valence electrons. The van der Waals surface area contributed by atoms with E-state index in [1.165, 1.54) is 24.3 Å². The fourth-order valence-electron chi connectivity index (χ4n) is 0.832. The van der Waals surface area contributed by atoms with Crippen molar-refractivity contribution >= 4 is 27.0 Å². The number of nitrogens with one attached hydrogen (secondary N) is 1. The second kappa shape index (κ2) is 4.05. The molecule has 14 heavy (non-hydrogen) atoms. The van der Waals surface area contributed by atoms with Crippen molar-refractivity contribution in [1.82, 2.24) is 0 Å². The zero-order chi connectivity index (χ0) is 10.8. The molecule has 0 amide bonds. The van der Waals surface area contributed by atoms with Crippen molar-refractivity contribution in [2.45, 2.75) is 4.90 Å². The van der Waals surface area contributed by atoms with Crippen LogP contribution in [0, 0.1) is 0 Å². The first kappa shape index (κ1) is 11.1. The Kier molecular flexibility index (Phi) is 3.21. The molecule has 1 aromatic carbocycles. The first-order valence-corrected chi connectivity index (χ1v) is 6.05. The molecule has 4 N–H and O–H groups in total. The molecule has 1 rings (SSSR count). The molecule has 6 nitrogen and oxygen atoms in total. The fourth-order valence-corrected chi connectivity index (χ4v) is 1.71. The van der Waals surface area contributed by atoms with E-state index in [1.54, 1.807) is 0 Å². The molecule has 0 bridgehead atoms. The zero-order valence-electron chi connectivity index (χ0n) is 6.88. The molecule has 0 radical (unpaired) electrons. The van der Waals surface area contributed by atoms with Crippen LogP contribution >= 0.6 is 0 Å². The Hall–Kier alpha value is -0.960. The van der Waals surface area contributed by atoms with Gasteiger partial charge in [-0.2, -0.15) is 8.42 Å². The van der Waals surface area contributed by atoms with E-state index in [0.717, 1.165) is 0 Å². The first-order chi connectivity index (χ1) is 6.38. The van der Waals surface area contributed by atoms with E-state index < -0.39 is 21.3 Å². The maximum atomic E-state index is 10.6. The Balaban J connectivity index is 3.01. The molecular formula is C6H8N2O4S2. The van der Waals surface area contributed by atoms with Gasteiger partial charge >= 0.3 is 0 Å². The van der Waals surface area contributed by atoms with Crippen LogP contribution in [0.25, 0.3) is 0 Å². The maximum Gasteiger partial charge on any atom is 0.296 e. The third kappa shape index (κ3) is 3.42. The lowest BCUT2D eigenvalue weighted by molar-refractivity contribution is 0.564. The van der Waals surface area contributed by atoms with E-state index in [9.17, 15) is 12.6 Å². The summed E-state index contributed by atoms with van der Waals surface area (Å²) >= 11 is -2.14. The lowest BCUT2D eigenvalue weighted by Crippen LogP contribution is -2.21. The number of benzene rings is 1. The van der Waals surface area contributed by atoms with E-state index in [4.69, 9.17) is 9.69 Å². The van der Waals surface area contributed by atoms with Crippen LogP contribution in [0.4, 0.5) is 5.69 Å². The number of anilines is 1. The summed E-state index contributed by atoms with van der Waals surface area (Å²) in [5.41, 5.74) is 0.146. The van der Waals surface area contributed by atoms with Gasteiger partial charge in [0.2, 0.25) is 0 Å². The maximum absolute atomic E-state index is 10.6. The third-order valence-electron chi connectivity index (χ3n) is 1.30. The minimum Gasteiger partial charge on any atom is -0.302 e. The highest BCUT2D eigenvalue weighted by Crippen LogP contribution is 2.13. The molecule has 0 saturated carbocycles. The van der Waals surface area contributed by atoms with Crippen molar-refractivity contribution in [2.75, 3.05) is 4.72 Å². The highest BCUT2D eigenvalue weighted by atomic mass is 32.2. The molecular weight excluding hydrogens is 228 g/mol. The summed E-state index contributed by atoms with van der Waals surface area (Å²) in [6, 6.07) is 5.47. The summed E-state index contributed by atoms with van der Waals surface area (Å²) in [4.78, 5) is 0.0960. The van der Waals surface area contributed by atoms with E-state index in [2.05, 4.69) is 0 Å². The first-order valence-electron chi connectivity index (χ1n) is 3.40. The van der Waals surface area contributed by atoms with Gasteiger partial charge in [0.05, 0.1) is 10.6 Å². The summed E-state index contributed by atoms with van der Waals surface area (Å²) in [5.74, 6) is 0. The van der Waals surface area contributed by atoms with Crippen LogP contribution in [-0.2, 0) is 21.3 Å². The highest BCUT2D eigenvalue weighted by Gasteiger charge is 2.04. The molecule has 0 aliphatic rings. The molecule has 0 fully saturated rings. The van der Waals surface area contributed by atoms with Crippen LogP contribution in [0.2, 0.25) is 0 Å². The average molecular weight is 236 g/mol. The topological polar surface area (TPSA) is 109 Å². The van der Waals surface area contributed by atoms with Crippen molar-refractivity contribution in [2.24, 2.45) is 5.14 Å². The SMILES string of the molecule is NS(=O)(=O)Nc1cccc(S(=O)O)c1. The minimum absolute atomic E-state index is 0.0960. The van der Waals surface area contributed by atoms with E-state index in [-0.39, 0.29) is 10.6 Å². The molecule has 1 atom stereocenters. The minimum atomic E-state index is -3.85. The highest BCUT2D eigenvalue weighted by molar-refractivity contribution is 7.90. The van der Waals surface area contributed by atoms with Crippen LogP contribution in [0.1, 0.15) is 0 Å². The van der Waals surface area contributed by atoms with Crippen molar-refractivity contribution in [3.63, 3.8) is 0 Å². The standard InChI is InChI=1S/C6H8N2O4S2/c7-14(11,12)8-5-2-1-3-6(4-5)13(9)10/h1-4,8H,(H,9,10)(H2,7,11,12). The number of rotatable bonds is 3. The normalized spacial score (nSPS) is 13.6. The van der Waals surface area contributed by atoms with Gasteiger partial charge in [-0.05, 0) is 18.2 Å². The van der Waals surface area contributed by atoms with Crippen molar-refractivity contribution in [3.8, 4) is 0 Å². The molecule has 1 aromatic rings. The van der Waals surface area contributed by atoms with E-state index in [1.807, 2.05) is 4.72 Å². The van der Waals surface area contributed by atoms with Gasteiger partial charge in [-0.3, -0.25) is 4.72 Å². The summed E-state index contributed by atoms with van der Waals surface area (Å²) in [5, 5.41) is 4.72. The molecule has 0 spiro atoms. The number of hydrogen-bond acceptors (Lipinski definition) is 3. The monoisotopic (exact) mass is 236 g/mol. The number of nitrogens with two attached hydrogens (primary N) is 1. The van der Waals surface area contributed by atoms with Gasteiger partial charge in [0, 0.05) is 0 Å². The smallest absolute Gasteiger partial charge is 0.296 e. The van der Waals surface area contributed by atoms with E-state index in [0.29, 0.717) is 0 Å². The fraction of sp³-hybridized carbons (Fsp3) is 0. The molecule has 0 aromatic heterocycles. The van der Waals surface area contributed by atoms with Crippen molar-refractivity contribution in [1.29, 1.82) is 0 Å². The lowest BCUT2D eigenvalue weighted by Gasteiger charge is -2.03. The Labute approximate surface area is 83.6 Å². The predicted molar refractivity (Wildman–Crippen MR) is 52.2 cm³/mol. The molecule has 8 heteroatoms. The van der Waals surface area contributed by atoms with Gasteiger partial charge in [0.1, 0.15) is 0 Å². The van der Waals surface area contributed by atoms with Gasteiger partial charge in [0.25, 0.3) is 10.2 Å². The predicted octanol–water partition coefficient (Wildman–Crippen LogP) is -0.117. The van der Waals surface area contributed by atoms with Gasteiger partial charge in [0.15, 0.2) is 11.1 Å². The van der Waals surface area contributed by atoms with E-state index >= 15 is 0 Å². The van der Waals surface area contributed by atoms with Gasteiger partial charge < -0.3 is 4.55 Å². The summed E-state index contributed by atoms with van der Waals surface area (Å²) in [7, 11) is -3.85. The summed E-state index contributed by atoms with van der Waals surface area (Å²) < 4.78 is 42.5. The Morgan fingerprint density at radius 2 is 2.07 bits per heavy atom. The largest absolute Gasteiger partial charge is 0.302 e. The van der Waals surface area contributed by atoms with Crippen molar-refractivity contribution < 1.29 is 17.2 Å². The second-order valence-corrected chi connectivity index (χ2v) is 4.69. The second-order valence-electron chi connectivity index (χ2n) is 2.42. The molecule has 1 unspecified atom stereocenters. The Morgan fingerprint density at radius 3 is 2.57 bits per heavy atom. The molecule has 0 aliphatic heterocycles. The van der Waals surface area contributed by atoms with Crippen LogP contribution in [-0.4, -0.2) is 17.2 Å². The van der Waals surface area contributed by atoms with Crippen LogP contribution < -0.4 is 9.86 Å². The Bertz CT molecular complexity index is 457. The summed E-state index contributed by atoms with van der Waals surface area (Å²) in [6.45, 7) is 0. The van der Waals surface area contributed by atoms with Crippen molar-refractivity contribution in [3.05, 3.63) is 24.3 Å². The Morgan fingerprint density at radius 1 is 1.43 bits per heavy atom. The third-order valence-corrected chi connectivity index (χ3v) is 2.47. The molecule has 0 heterocycles. The average Bonchev–Trinajstić information content (AvgIpc) is 2.01. The van der Waals surface area contributed by atoms with Crippen LogP contribution in [0.3, 0.4) is 0 Å². The summed E-state index contributed by atoms with van der Waals surface area (Å²) in [6.07, 6.45) is 0. The van der Waals surface area contributed by atoms with Crippen LogP contribution in [0.15, 0.2) is 29.2 Å². The lowest BCUT2D eigenvalue weighted by atomic mass is 10.3. The van der Waals surface area contributed by atoms with Gasteiger partial charge in [-0.25, -0.2) is 9.35 Å². The van der Waals surface area contributed by atoms with Gasteiger partial charge in [-0.15, -0.1) is 0 Å².